The first kappa shape index (κ1) is 14.9. The number of carbonyl (C=O) groups excluding carboxylic acids is 2. The van der Waals surface area contributed by atoms with E-state index in [9.17, 15) is 9.59 Å². The Morgan fingerprint density at radius 3 is 2.52 bits per heavy atom. The van der Waals surface area contributed by atoms with Crippen LogP contribution in [0, 0.1) is 17.8 Å². The zero-order valence-electron chi connectivity index (χ0n) is 13.1. The van der Waals surface area contributed by atoms with E-state index in [1.165, 1.54) is 12.8 Å². The summed E-state index contributed by atoms with van der Waals surface area (Å²) < 4.78 is 0. The summed E-state index contributed by atoms with van der Waals surface area (Å²) in [5.41, 5.74) is 0. The molecule has 4 heteroatoms. The maximum atomic E-state index is 12.5. The Kier molecular flexibility index (Phi) is 4.51. The highest BCUT2D eigenvalue weighted by atomic mass is 16.2. The first-order valence-electron chi connectivity index (χ1n) is 8.76. The molecule has 0 radical (unpaired) electrons. The van der Waals surface area contributed by atoms with Crippen molar-refractivity contribution in [3.05, 3.63) is 0 Å². The SMILES string of the molecule is CC[C@H](CC1CC1)NC(=O)[C@H]1CCCN(C(=O)C2CC2)C1. The van der Waals surface area contributed by atoms with Gasteiger partial charge in [-0.15, -0.1) is 0 Å². The van der Waals surface area contributed by atoms with Crippen molar-refractivity contribution in [1.29, 1.82) is 0 Å². The van der Waals surface area contributed by atoms with Crippen molar-refractivity contribution < 1.29 is 9.59 Å². The Hall–Kier alpha value is -1.06. The van der Waals surface area contributed by atoms with Crippen molar-refractivity contribution in [2.24, 2.45) is 17.8 Å². The van der Waals surface area contributed by atoms with E-state index in [4.69, 9.17) is 0 Å². The van der Waals surface area contributed by atoms with Crippen molar-refractivity contribution >= 4 is 11.8 Å². The van der Waals surface area contributed by atoms with Crippen molar-refractivity contribution in [3.8, 4) is 0 Å². The molecule has 4 nitrogen and oxygen atoms in total. The minimum absolute atomic E-state index is 0.00898. The first-order chi connectivity index (χ1) is 10.2. The van der Waals surface area contributed by atoms with Gasteiger partial charge in [0, 0.05) is 25.0 Å². The Bertz CT molecular complexity index is 402. The number of piperidine rings is 1. The fourth-order valence-electron chi connectivity index (χ4n) is 3.38. The number of carbonyl (C=O) groups is 2. The second-order valence-electron chi connectivity index (χ2n) is 7.19. The summed E-state index contributed by atoms with van der Waals surface area (Å²) in [5.74, 6) is 1.59. The normalized spacial score (nSPS) is 27.3. The van der Waals surface area contributed by atoms with E-state index < -0.39 is 0 Å². The molecule has 2 aliphatic carbocycles. The number of nitrogens with one attached hydrogen (secondary N) is 1. The van der Waals surface area contributed by atoms with Crippen molar-refractivity contribution in [1.82, 2.24) is 10.2 Å². The molecule has 3 rings (SSSR count). The van der Waals surface area contributed by atoms with Crippen LogP contribution in [0.1, 0.15) is 58.3 Å². The van der Waals surface area contributed by atoms with E-state index in [0.717, 1.165) is 51.0 Å². The van der Waals surface area contributed by atoms with E-state index >= 15 is 0 Å². The van der Waals surface area contributed by atoms with Gasteiger partial charge in [-0.2, -0.15) is 0 Å². The van der Waals surface area contributed by atoms with E-state index in [1.54, 1.807) is 0 Å². The summed E-state index contributed by atoms with van der Waals surface area (Å²) >= 11 is 0. The van der Waals surface area contributed by atoms with E-state index in [-0.39, 0.29) is 23.7 Å². The van der Waals surface area contributed by atoms with Crippen molar-refractivity contribution in [3.63, 3.8) is 0 Å². The second kappa shape index (κ2) is 6.37. The van der Waals surface area contributed by atoms with Gasteiger partial charge in [-0.3, -0.25) is 9.59 Å². The Balaban J connectivity index is 1.49. The third kappa shape index (κ3) is 3.98. The zero-order chi connectivity index (χ0) is 14.8. The maximum Gasteiger partial charge on any atom is 0.225 e. The van der Waals surface area contributed by atoms with E-state index in [2.05, 4.69) is 12.2 Å². The van der Waals surface area contributed by atoms with Crippen LogP contribution in [-0.2, 0) is 9.59 Å². The predicted molar refractivity (Wildman–Crippen MR) is 81.6 cm³/mol. The van der Waals surface area contributed by atoms with Crippen LogP contribution < -0.4 is 5.32 Å². The van der Waals surface area contributed by atoms with Gasteiger partial charge in [0.25, 0.3) is 0 Å². The highest BCUT2D eigenvalue weighted by Crippen LogP contribution is 2.34. The van der Waals surface area contributed by atoms with Crippen molar-refractivity contribution in [2.45, 2.75) is 64.3 Å². The van der Waals surface area contributed by atoms with E-state index in [0.29, 0.717) is 12.6 Å². The van der Waals surface area contributed by atoms with Crippen molar-refractivity contribution in [2.75, 3.05) is 13.1 Å². The Morgan fingerprint density at radius 2 is 1.90 bits per heavy atom. The minimum Gasteiger partial charge on any atom is -0.353 e. The average molecular weight is 292 g/mol. The molecule has 1 N–H and O–H groups in total. The van der Waals surface area contributed by atoms with Gasteiger partial charge in [-0.25, -0.2) is 0 Å². The molecule has 1 heterocycles. The lowest BCUT2D eigenvalue weighted by molar-refractivity contribution is -0.137. The molecule has 2 saturated carbocycles. The van der Waals surface area contributed by atoms with Gasteiger partial charge in [0.1, 0.15) is 0 Å². The lowest BCUT2D eigenvalue weighted by atomic mass is 9.95. The quantitative estimate of drug-likeness (QED) is 0.817. The zero-order valence-corrected chi connectivity index (χ0v) is 13.1. The number of hydrogen-bond acceptors (Lipinski definition) is 2. The first-order valence-corrected chi connectivity index (χ1v) is 8.76. The monoisotopic (exact) mass is 292 g/mol. The van der Waals surface area contributed by atoms with Gasteiger partial charge in [0.15, 0.2) is 0 Å². The van der Waals surface area contributed by atoms with Crippen LogP contribution in [0.15, 0.2) is 0 Å². The van der Waals surface area contributed by atoms with Crippen LogP contribution in [0.2, 0.25) is 0 Å². The lowest BCUT2D eigenvalue weighted by Gasteiger charge is -2.33. The molecule has 1 saturated heterocycles. The predicted octanol–water partition coefficient (Wildman–Crippen LogP) is 2.33. The highest BCUT2D eigenvalue weighted by molar-refractivity contribution is 5.83. The summed E-state index contributed by atoms with van der Waals surface area (Å²) in [6, 6.07) is 0.333. The Labute approximate surface area is 127 Å². The average Bonchev–Trinajstić information content (AvgIpc) is 3.38. The number of amides is 2. The third-order valence-electron chi connectivity index (χ3n) is 5.18. The third-order valence-corrected chi connectivity index (χ3v) is 5.18. The second-order valence-corrected chi connectivity index (χ2v) is 7.19. The largest absolute Gasteiger partial charge is 0.353 e. The highest BCUT2D eigenvalue weighted by Gasteiger charge is 2.37. The molecule has 0 aromatic carbocycles. The number of rotatable bonds is 6. The van der Waals surface area contributed by atoms with Crippen LogP contribution in [-0.4, -0.2) is 35.8 Å². The van der Waals surface area contributed by atoms with Crippen LogP contribution in [0.4, 0.5) is 0 Å². The van der Waals surface area contributed by atoms with Crippen LogP contribution >= 0.6 is 0 Å². The molecule has 0 spiro atoms. The fourth-order valence-corrected chi connectivity index (χ4v) is 3.38. The summed E-state index contributed by atoms with van der Waals surface area (Å²) in [6.45, 7) is 3.64. The minimum atomic E-state index is 0.00898. The van der Waals surface area contributed by atoms with Gasteiger partial charge >= 0.3 is 0 Å². The summed E-state index contributed by atoms with van der Waals surface area (Å²) in [7, 11) is 0. The van der Waals surface area contributed by atoms with Gasteiger partial charge < -0.3 is 10.2 Å². The molecule has 0 unspecified atom stereocenters. The molecular weight excluding hydrogens is 264 g/mol. The van der Waals surface area contributed by atoms with Gasteiger partial charge in [-0.1, -0.05) is 19.8 Å². The lowest BCUT2D eigenvalue weighted by Crippen LogP contribution is -2.48. The van der Waals surface area contributed by atoms with Gasteiger partial charge in [-0.05, 0) is 44.4 Å². The number of hydrogen-bond donors (Lipinski definition) is 1. The molecule has 21 heavy (non-hydrogen) atoms. The molecule has 0 bridgehead atoms. The maximum absolute atomic E-state index is 12.5. The van der Waals surface area contributed by atoms with Crippen LogP contribution in [0.25, 0.3) is 0 Å². The Morgan fingerprint density at radius 1 is 1.14 bits per heavy atom. The molecule has 2 atom stereocenters. The molecule has 0 aromatic heterocycles. The van der Waals surface area contributed by atoms with E-state index in [1.807, 2.05) is 4.90 Å². The molecule has 1 aliphatic heterocycles. The molecule has 118 valence electrons. The summed E-state index contributed by atoms with van der Waals surface area (Å²) in [5, 5.41) is 3.24. The molecular formula is C17H28N2O2. The van der Waals surface area contributed by atoms with Gasteiger partial charge in [0.05, 0.1) is 5.92 Å². The number of nitrogens with zero attached hydrogens (tertiary/aromatic N) is 1. The molecule has 3 aliphatic rings. The molecule has 2 amide bonds. The van der Waals surface area contributed by atoms with Gasteiger partial charge in [0.2, 0.25) is 11.8 Å². The smallest absolute Gasteiger partial charge is 0.225 e. The fraction of sp³-hybridized carbons (Fsp3) is 0.882. The topological polar surface area (TPSA) is 49.4 Å². The van der Waals surface area contributed by atoms with Crippen LogP contribution in [0.3, 0.4) is 0 Å². The molecule has 3 fully saturated rings. The summed E-state index contributed by atoms with van der Waals surface area (Å²) in [4.78, 5) is 26.6. The molecule has 0 aromatic rings. The van der Waals surface area contributed by atoms with Crippen LogP contribution in [0.5, 0.6) is 0 Å². The standard InChI is InChI=1S/C17H28N2O2/c1-2-15(10-12-5-6-12)18-16(20)14-4-3-9-19(11-14)17(21)13-7-8-13/h12-15H,2-11H2,1H3,(H,18,20)/t14-,15+/m0/s1. The number of likely N-dealkylation sites (tertiary alicyclic amines) is 1. The summed E-state index contributed by atoms with van der Waals surface area (Å²) in [6.07, 6.45) is 8.81.